The SMILES string of the molecule is COC(=O)C(c1ccc(Cl)cc1)N1CCN(C(=O)c2ccc(C)cc2)CC1. The van der Waals surface area contributed by atoms with Crippen LogP contribution in [0.4, 0.5) is 0 Å². The Labute approximate surface area is 164 Å². The fourth-order valence-corrected chi connectivity index (χ4v) is 3.44. The van der Waals surface area contributed by atoms with E-state index in [9.17, 15) is 9.59 Å². The summed E-state index contributed by atoms with van der Waals surface area (Å²) in [7, 11) is 1.39. The molecule has 1 aliphatic rings. The Balaban J connectivity index is 1.70. The summed E-state index contributed by atoms with van der Waals surface area (Å²) < 4.78 is 5.01. The van der Waals surface area contributed by atoms with Crippen molar-refractivity contribution >= 4 is 23.5 Å². The number of rotatable bonds is 4. The molecule has 0 aromatic heterocycles. The topological polar surface area (TPSA) is 49.9 Å². The number of aryl methyl sites for hydroxylation is 1. The highest BCUT2D eigenvalue weighted by atomic mass is 35.5. The zero-order chi connectivity index (χ0) is 19.4. The molecule has 2 aromatic carbocycles. The van der Waals surface area contributed by atoms with E-state index in [1.54, 1.807) is 12.1 Å². The number of benzene rings is 2. The van der Waals surface area contributed by atoms with Crippen LogP contribution >= 0.6 is 11.6 Å². The predicted molar refractivity (Wildman–Crippen MR) is 105 cm³/mol. The van der Waals surface area contributed by atoms with Gasteiger partial charge < -0.3 is 9.64 Å². The van der Waals surface area contributed by atoms with E-state index in [-0.39, 0.29) is 11.9 Å². The van der Waals surface area contributed by atoms with Gasteiger partial charge in [0.2, 0.25) is 0 Å². The summed E-state index contributed by atoms with van der Waals surface area (Å²) in [5.74, 6) is -0.286. The smallest absolute Gasteiger partial charge is 0.327 e. The van der Waals surface area contributed by atoms with E-state index >= 15 is 0 Å². The van der Waals surface area contributed by atoms with E-state index in [1.807, 2.05) is 53.1 Å². The maximum Gasteiger partial charge on any atom is 0.327 e. The van der Waals surface area contributed by atoms with Crippen molar-refractivity contribution < 1.29 is 14.3 Å². The highest BCUT2D eigenvalue weighted by Crippen LogP contribution is 2.25. The predicted octanol–water partition coefficient (Wildman–Crippen LogP) is 3.32. The maximum absolute atomic E-state index is 12.7. The molecule has 5 nitrogen and oxygen atoms in total. The van der Waals surface area contributed by atoms with Crippen LogP contribution in [0.3, 0.4) is 0 Å². The number of carbonyl (C=O) groups excluding carboxylic acids is 2. The van der Waals surface area contributed by atoms with Crippen molar-refractivity contribution in [2.45, 2.75) is 13.0 Å². The Morgan fingerprint density at radius 3 is 2.11 bits per heavy atom. The highest BCUT2D eigenvalue weighted by molar-refractivity contribution is 6.30. The van der Waals surface area contributed by atoms with Gasteiger partial charge in [-0.2, -0.15) is 0 Å². The summed E-state index contributed by atoms with van der Waals surface area (Å²) in [6.45, 7) is 4.32. The van der Waals surface area contributed by atoms with Gasteiger partial charge in [-0.1, -0.05) is 41.4 Å². The van der Waals surface area contributed by atoms with Gasteiger partial charge >= 0.3 is 5.97 Å². The van der Waals surface area contributed by atoms with Gasteiger partial charge in [-0.3, -0.25) is 9.69 Å². The van der Waals surface area contributed by atoms with E-state index in [4.69, 9.17) is 16.3 Å². The molecule has 1 atom stereocenters. The largest absolute Gasteiger partial charge is 0.468 e. The number of nitrogens with zero attached hydrogens (tertiary/aromatic N) is 2. The number of esters is 1. The molecule has 0 spiro atoms. The van der Waals surface area contributed by atoms with Gasteiger partial charge in [-0.25, -0.2) is 4.79 Å². The van der Waals surface area contributed by atoms with Crippen LogP contribution in [0.1, 0.15) is 27.5 Å². The van der Waals surface area contributed by atoms with Crippen molar-refractivity contribution in [2.24, 2.45) is 0 Å². The van der Waals surface area contributed by atoms with Crippen LogP contribution in [0.2, 0.25) is 5.02 Å². The molecule has 2 aromatic rings. The number of hydrogen-bond acceptors (Lipinski definition) is 4. The van der Waals surface area contributed by atoms with Crippen LogP contribution in [-0.2, 0) is 9.53 Å². The maximum atomic E-state index is 12.7. The minimum absolute atomic E-state index is 0.0239. The van der Waals surface area contributed by atoms with Crippen LogP contribution in [0.25, 0.3) is 0 Å². The van der Waals surface area contributed by atoms with Gasteiger partial charge in [0, 0.05) is 36.8 Å². The molecule has 1 saturated heterocycles. The van der Waals surface area contributed by atoms with Gasteiger partial charge in [0.25, 0.3) is 5.91 Å². The zero-order valence-corrected chi connectivity index (χ0v) is 16.3. The molecule has 27 heavy (non-hydrogen) atoms. The number of piperazine rings is 1. The number of amides is 1. The van der Waals surface area contributed by atoms with E-state index in [0.29, 0.717) is 36.8 Å². The third-order valence-electron chi connectivity index (χ3n) is 4.88. The standard InChI is InChI=1S/C21H23ClN2O3/c1-15-3-5-17(6-4-15)20(25)24-13-11-23(12-14-24)19(21(26)27-2)16-7-9-18(22)10-8-16/h3-10,19H,11-14H2,1-2H3. The second-order valence-corrected chi connectivity index (χ2v) is 7.11. The number of hydrogen-bond donors (Lipinski definition) is 0. The van der Waals surface area contributed by atoms with Gasteiger partial charge in [-0.05, 0) is 36.8 Å². The summed E-state index contributed by atoms with van der Waals surface area (Å²) in [4.78, 5) is 29.0. The van der Waals surface area contributed by atoms with Gasteiger partial charge in [0.05, 0.1) is 7.11 Å². The zero-order valence-electron chi connectivity index (χ0n) is 15.5. The minimum Gasteiger partial charge on any atom is -0.468 e. The molecular weight excluding hydrogens is 364 g/mol. The van der Waals surface area contributed by atoms with Gasteiger partial charge in [-0.15, -0.1) is 0 Å². The Morgan fingerprint density at radius 2 is 1.56 bits per heavy atom. The van der Waals surface area contributed by atoms with Crippen molar-refractivity contribution in [3.8, 4) is 0 Å². The van der Waals surface area contributed by atoms with Crippen molar-refractivity contribution in [3.05, 3.63) is 70.2 Å². The molecule has 0 bridgehead atoms. The van der Waals surface area contributed by atoms with E-state index in [2.05, 4.69) is 0 Å². The van der Waals surface area contributed by atoms with Crippen molar-refractivity contribution in [3.63, 3.8) is 0 Å². The summed E-state index contributed by atoms with van der Waals surface area (Å²) >= 11 is 5.96. The molecule has 1 aliphatic heterocycles. The van der Waals surface area contributed by atoms with E-state index < -0.39 is 6.04 Å². The lowest BCUT2D eigenvalue weighted by Crippen LogP contribution is -2.51. The van der Waals surface area contributed by atoms with Crippen LogP contribution < -0.4 is 0 Å². The molecule has 1 heterocycles. The fourth-order valence-electron chi connectivity index (χ4n) is 3.31. The van der Waals surface area contributed by atoms with Crippen molar-refractivity contribution in [1.29, 1.82) is 0 Å². The lowest BCUT2D eigenvalue weighted by atomic mass is 10.0. The first-order valence-corrected chi connectivity index (χ1v) is 9.30. The average Bonchev–Trinajstić information content (AvgIpc) is 2.70. The Bertz CT molecular complexity index is 797. The molecule has 0 saturated carbocycles. The molecule has 1 unspecified atom stereocenters. The van der Waals surface area contributed by atoms with Crippen molar-refractivity contribution in [2.75, 3.05) is 33.3 Å². The first kappa shape index (κ1) is 19.4. The summed E-state index contributed by atoms with van der Waals surface area (Å²) in [6.07, 6.45) is 0. The third kappa shape index (κ3) is 4.49. The quantitative estimate of drug-likeness (QED) is 0.756. The molecule has 1 amide bonds. The second kappa shape index (κ2) is 8.55. The summed E-state index contributed by atoms with van der Waals surface area (Å²) in [5.41, 5.74) is 2.65. The van der Waals surface area contributed by atoms with Crippen molar-refractivity contribution in [1.82, 2.24) is 9.80 Å². The fraction of sp³-hybridized carbons (Fsp3) is 0.333. The Hall–Kier alpha value is -2.37. The van der Waals surface area contributed by atoms with E-state index in [0.717, 1.165) is 11.1 Å². The molecule has 0 N–H and O–H groups in total. The van der Waals surface area contributed by atoms with Gasteiger partial charge in [0.1, 0.15) is 6.04 Å². The molecule has 142 valence electrons. The number of carbonyl (C=O) groups is 2. The van der Waals surface area contributed by atoms with E-state index in [1.165, 1.54) is 7.11 Å². The minimum atomic E-state index is -0.496. The number of halogens is 1. The molecule has 0 aliphatic carbocycles. The molecular formula is C21H23ClN2O3. The van der Waals surface area contributed by atoms with Crippen LogP contribution in [0.15, 0.2) is 48.5 Å². The third-order valence-corrected chi connectivity index (χ3v) is 5.13. The second-order valence-electron chi connectivity index (χ2n) is 6.67. The lowest BCUT2D eigenvalue weighted by molar-refractivity contribution is -0.148. The van der Waals surface area contributed by atoms with Crippen LogP contribution in [0, 0.1) is 6.92 Å². The van der Waals surface area contributed by atoms with Gasteiger partial charge in [0.15, 0.2) is 0 Å². The first-order valence-electron chi connectivity index (χ1n) is 8.93. The molecule has 0 radical (unpaired) electrons. The Morgan fingerprint density at radius 1 is 0.963 bits per heavy atom. The van der Waals surface area contributed by atoms with Crippen LogP contribution in [-0.4, -0.2) is 55.0 Å². The Kier molecular flexibility index (Phi) is 6.14. The summed E-state index contributed by atoms with van der Waals surface area (Å²) in [5, 5.41) is 0.621. The average molecular weight is 387 g/mol. The lowest BCUT2D eigenvalue weighted by Gasteiger charge is -2.38. The molecule has 3 rings (SSSR count). The first-order chi connectivity index (χ1) is 13.0. The summed E-state index contributed by atoms with van der Waals surface area (Å²) in [6, 6.07) is 14.3. The highest BCUT2D eigenvalue weighted by Gasteiger charge is 2.32. The number of methoxy groups -OCH3 is 1. The normalized spacial score (nSPS) is 16.0. The van der Waals surface area contributed by atoms with Crippen LogP contribution in [0.5, 0.6) is 0 Å². The monoisotopic (exact) mass is 386 g/mol. The number of ether oxygens (including phenoxy) is 1. The molecule has 6 heteroatoms. The molecule has 1 fully saturated rings.